The number of aromatic nitrogens is 2. The number of carbonyl (C=O) groups excluding carboxylic acids is 1. The van der Waals surface area contributed by atoms with Gasteiger partial charge in [-0.3, -0.25) is 4.79 Å². The van der Waals surface area contributed by atoms with Crippen molar-refractivity contribution in [2.45, 2.75) is 6.42 Å². The number of thioether (sulfide) groups is 1. The quantitative estimate of drug-likeness (QED) is 0.403. The molecule has 3 heterocycles. The molecule has 0 radical (unpaired) electrons. The molecule has 0 unspecified atom stereocenters. The lowest BCUT2D eigenvalue weighted by atomic mass is 10.0. The summed E-state index contributed by atoms with van der Waals surface area (Å²) in [6.45, 7) is 0. The maximum Gasteiger partial charge on any atom is 0.201 e. The van der Waals surface area contributed by atoms with Crippen LogP contribution in [-0.2, 0) is 0 Å². The van der Waals surface area contributed by atoms with Gasteiger partial charge in [-0.05, 0) is 36.6 Å². The fraction of sp³-hybridized carbons (Fsp3) is 0.111. The second-order valence-electron chi connectivity index (χ2n) is 5.73. The van der Waals surface area contributed by atoms with E-state index in [4.69, 9.17) is 11.6 Å². The zero-order chi connectivity index (χ0) is 19.0. The maximum absolute atomic E-state index is 14.9. The van der Waals surface area contributed by atoms with E-state index in [0.29, 0.717) is 16.1 Å². The molecule has 138 valence electrons. The Morgan fingerprint density at radius 3 is 3.00 bits per heavy atom. The summed E-state index contributed by atoms with van der Waals surface area (Å²) >= 11 is 8.84. The largest absolute Gasteiger partial charge is 0.345 e. The van der Waals surface area contributed by atoms with Gasteiger partial charge in [-0.1, -0.05) is 17.7 Å². The van der Waals surface area contributed by atoms with Crippen LogP contribution in [-0.4, -0.2) is 21.5 Å². The molecular weight excluding hydrogens is 412 g/mol. The van der Waals surface area contributed by atoms with Gasteiger partial charge in [-0.2, -0.15) is 0 Å². The summed E-state index contributed by atoms with van der Waals surface area (Å²) in [5, 5.41) is 0.734. The van der Waals surface area contributed by atoms with Crippen LogP contribution >= 0.6 is 35.3 Å². The van der Waals surface area contributed by atoms with Gasteiger partial charge in [0, 0.05) is 29.1 Å². The Bertz CT molecular complexity index is 1080. The van der Waals surface area contributed by atoms with Gasteiger partial charge in [0.25, 0.3) is 0 Å². The van der Waals surface area contributed by atoms with Crippen molar-refractivity contribution in [1.29, 1.82) is 0 Å². The SMILES string of the molecule is O=C(c1c(F)ccc(NSC2=CCCS2)c1F)c1c[nH]c2ncc(Cl)cc12. The highest BCUT2D eigenvalue weighted by molar-refractivity contribution is 8.23. The van der Waals surface area contributed by atoms with Crippen LogP contribution in [0.3, 0.4) is 0 Å². The first-order valence-corrected chi connectivity index (χ1v) is 10.1. The highest BCUT2D eigenvalue weighted by Crippen LogP contribution is 2.36. The average molecular weight is 424 g/mol. The topological polar surface area (TPSA) is 57.8 Å². The van der Waals surface area contributed by atoms with Gasteiger partial charge < -0.3 is 9.71 Å². The van der Waals surface area contributed by atoms with Crippen molar-refractivity contribution < 1.29 is 13.6 Å². The van der Waals surface area contributed by atoms with E-state index in [2.05, 4.69) is 14.7 Å². The Kier molecular flexibility index (Phi) is 5.12. The number of benzene rings is 1. The third kappa shape index (κ3) is 3.56. The minimum atomic E-state index is -0.930. The summed E-state index contributed by atoms with van der Waals surface area (Å²) in [4.78, 5) is 19.7. The predicted molar refractivity (Wildman–Crippen MR) is 107 cm³/mol. The number of hydrogen-bond donors (Lipinski definition) is 2. The second kappa shape index (κ2) is 7.53. The third-order valence-electron chi connectivity index (χ3n) is 4.00. The molecule has 0 fully saturated rings. The number of rotatable bonds is 5. The van der Waals surface area contributed by atoms with Crippen molar-refractivity contribution in [1.82, 2.24) is 9.97 Å². The summed E-state index contributed by atoms with van der Waals surface area (Å²) in [7, 11) is 0. The number of hydrogen-bond acceptors (Lipinski definition) is 5. The molecule has 4 rings (SSSR count). The Morgan fingerprint density at radius 2 is 2.22 bits per heavy atom. The number of H-pyrrole nitrogens is 1. The lowest BCUT2D eigenvalue weighted by molar-refractivity contribution is 0.103. The number of carbonyl (C=O) groups is 1. The van der Waals surface area contributed by atoms with E-state index in [1.54, 1.807) is 11.8 Å². The van der Waals surface area contributed by atoms with Crippen molar-refractivity contribution in [3.05, 3.63) is 68.7 Å². The van der Waals surface area contributed by atoms with E-state index in [1.807, 2.05) is 6.08 Å². The summed E-state index contributed by atoms with van der Waals surface area (Å²) in [6, 6.07) is 3.89. The van der Waals surface area contributed by atoms with Gasteiger partial charge in [0.1, 0.15) is 11.5 Å². The van der Waals surface area contributed by atoms with Gasteiger partial charge >= 0.3 is 0 Å². The summed E-state index contributed by atoms with van der Waals surface area (Å²) < 4.78 is 33.1. The number of ketones is 1. The minimum Gasteiger partial charge on any atom is -0.345 e. The molecule has 9 heteroatoms. The van der Waals surface area contributed by atoms with Crippen LogP contribution in [0.1, 0.15) is 22.3 Å². The summed E-state index contributed by atoms with van der Waals surface area (Å²) in [5.41, 5.74) is -0.0427. The number of nitrogens with one attached hydrogen (secondary N) is 2. The molecule has 1 aliphatic rings. The van der Waals surface area contributed by atoms with Crippen LogP contribution < -0.4 is 4.72 Å². The Hall–Kier alpha value is -2.03. The molecule has 4 nitrogen and oxygen atoms in total. The average Bonchev–Trinajstić information content (AvgIpc) is 3.30. The van der Waals surface area contributed by atoms with Gasteiger partial charge in [0.15, 0.2) is 5.82 Å². The van der Waals surface area contributed by atoms with Crippen molar-refractivity contribution in [3.8, 4) is 0 Å². The van der Waals surface area contributed by atoms with Crippen LogP contribution in [0.25, 0.3) is 11.0 Å². The number of anilines is 1. The van der Waals surface area contributed by atoms with Crippen LogP contribution in [0, 0.1) is 11.6 Å². The highest BCUT2D eigenvalue weighted by Gasteiger charge is 2.24. The van der Waals surface area contributed by atoms with E-state index >= 15 is 0 Å². The predicted octanol–water partition coefficient (Wildman–Crippen LogP) is 5.76. The lowest BCUT2D eigenvalue weighted by Gasteiger charge is -2.10. The Morgan fingerprint density at radius 1 is 1.37 bits per heavy atom. The number of nitrogens with zero attached hydrogens (tertiary/aromatic N) is 1. The normalized spacial score (nSPS) is 13.8. The van der Waals surface area contributed by atoms with Crippen molar-refractivity contribution in [3.63, 3.8) is 0 Å². The van der Waals surface area contributed by atoms with E-state index < -0.39 is 23.0 Å². The number of fused-ring (bicyclic) bond motifs is 1. The molecule has 2 aromatic heterocycles. The molecule has 0 bridgehead atoms. The third-order valence-corrected chi connectivity index (χ3v) is 6.39. The molecule has 27 heavy (non-hydrogen) atoms. The molecule has 0 atom stereocenters. The van der Waals surface area contributed by atoms with E-state index in [9.17, 15) is 13.6 Å². The first-order chi connectivity index (χ1) is 13.0. The molecule has 0 spiro atoms. The number of allylic oxidation sites excluding steroid dienone is 1. The Balaban J connectivity index is 1.70. The van der Waals surface area contributed by atoms with Crippen molar-refractivity contribution in [2.75, 3.05) is 10.5 Å². The van der Waals surface area contributed by atoms with Gasteiger partial charge in [0.05, 0.1) is 20.5 Å². The second-order valence-corrected chi connectivity index (χ2v) is 8.41. The lowest BCUT2D eigenvalue weighted by Crippen LogP contribution is -2.09. The molecule has 0 saturated carbocycles. The molecule has 3 aromatic rings. The zero-order valence-electron chi connectivity index (χ0n) is 13.7. The van der Waals surface area contributed by atoms with E-state index in [-0.39, 0.29) is 11.3 Å². The monoisotopic (exact) mass is 423 g/mol. The molecule has 2 N–H and O–H groups in total. The Labute approximate surface area is 166 Å². The van der Waals surface area contributed by atoms with Crippen LogP contribution in [0.15, 0.2) is 40.9 Å². The standard InChI is InChI=1S/C18H12ClF2N3OS2/c19-9-6-10-11(8-23-18(10)22-7-9)17(25)15-12(20)3-4-13(16(15)21)24-27-14-2-1-5-26-14/h2-4,6-8,24H,1,5H2,(H,22,23). The molecule has 0 saturated heterocycles. The minimum absolute atomic E-state index is 0.0501. The first kappa shape index (κ1) is 18.3. The fourth-order valence-corrected chi connectivity index (χ4v) is 4.72. The molecule has 0 aliphatic carbocycles. The summed E-state index contributed by atoms with van der Waals surface area (Å²) in [6.07, 6.45) is 5.80. The van der Waals surface area contributed by atoms with Gasteiger partial charge in [0.2, 0.25) is 5.78 Å². The molecular formula is C18H12ClF2N3OS2. The van der Waals surface area contributed by atoms with E-state index in [0.717, 1.165) is 22.5 Å². The van der Waals surface area contributed by atoms with Crippen LogP contribution in [0.5, 0.6) is 0 Å². The maximum atomic E-state index is 14.9. The van der Waals surface area contributed by atoms with Crippen molar-refractivity contribution in [2.24, 2.45) is 0 Å². The zero-order valence-corrected chi connectivity index (χ0v) is 16.1. The van der Waals surface area contributed by atoms with Crippen LogP contribution in [0.4, 0.5) is 14.5 Å². The molecule has 1 aromatic carbocycles. The van der Waals surface area contributed by atoms with Crippen molar-refractivity contribution >= 4 is 57.8 Å². The molecule has 0 amide bonds. The smallest absolute Gasteiger partial charge is 0.201 e. The highest BCUT2D eigenvalue weighted by atomic mass is 35.5. The summed E-state index contributed by atoms with van der Waals surface area (Å²) in [5.74, 6) is -1.65. The fourth-order valence-electron chi connectivity index (χ4n) is 2.71. The first-order valence-electron chi connectivity index (χ1n) is 7.95. The van der Waals surface area contributed by atoms with Crippen LogP contribution in [0.2, 0.25) is 5.02 Å². The van der Waals surface area contributed by atoms with E-state index in [1.165, 1.54) is 36.5 Å². The van der Waals surface area contributed by atoms with Gasteiger partial charge in [-0.25, -0.2) is 13.8 Å². The molecule has 1 aliphatic heterocycles. The number of halogens is 3. The van der Waals surface area contributed by atoms with Gasteiger partial charge in [-0.15, -0.1) is 11.8 Å². The number of pyridine rings is 1. The number of aromatic amines is 1.